The van der Waals surface area contributed by atoms with Crippen molar-refractivity contribution in [2.24, 2.45) is 0 Å². The minimum absolute atomic E-state index is 0.334. The van der Waals surface area contributed by atoms with Gasteiger partial charge < -0.3 is 5.32 Å². The van der Waals surface area contributed by atoms with Gasteiger partial charge in [-0.3, -0.25) is 9.10 Å². The Hall–Kier alpha value is -2.05. The Balaban J connectivity index is 2.36. The summed E-state index contributed by atoms with van der Waals surface area (Å²) in [5, 5.41) is 3.31. The van der Waals surface area contributed by atoms with Crippen LogP contribution in [0.1, 0.15) is 18.9 Å². The fraction of sp³-hybridized carbons (Fsp3) is 0.278. The molecule has 0 aromatic heterocycles. The van der Waals surface area contributed by atoms with Crippen molar-refractivity contribution in [3.63, 3.8) is 0 Å². The summed E-state index contributed by atoms with van der Waals surface area (Å²) in [5.41, 5.74) is 1.95. The number of halogens is 1. The molecule has 2 rings (SSSR count). The molecule has 1 amide bonds. The molecular weight excluding hydrogens is 360 g/mol. The van der Waals surface area contributed by atoms with Crippen LogP contribution in [-0.4, -0.2) is 26.6 Å². The Bertz CT molecular complexity index is 851. The molecule has 0 heterocycles. The summed E-state index contributed by atoms with van der Waals surface area (Å²) in [6.07, 6.45) is 1.44. The number of carbonyl (C=O) groups is 1. The number of hydrogen-bond acceptors (Lipinski definition) is 3. The van der Waals surface area contributed by atoms with Crippen molar-refractivity contribution in [3.05, 3.63) is 59.1 Å². The smallest absolute Gasteiger partial charge is 0.248 e. The number of nitrogens with one attached hydrogen (secondary N) is 1. The third-order valence-electron chi connectivity index (χ3n) is 3.70. The number of nitrogens with zero attached hydrogens (tertiary/aromatic N) is 1. The highest BCUT2D eigenvalue weighted by Crippen LogP contribution is 2.24. The minimum Gasteiger partial charge on any atom is -0.324 e. The van der Waals surface area contributed by atoms with E-state index in [0.29, 0.717) is 22.8 Å². The van der Waals surface area contributed by atoms with Crippen LogP contribution >= 0.6 is 11.6 Å². The molecule has 0 saturated heterocycles. The first kappa shape index (κ1) is 19.3. The number of sulfonamides is 1. The molecule has 25 heavy (non-hydrogen) atoms. The summed E-state index contributed by atoms with van der Waals surface area (Å²) in [7, 11) is -3.64. The van der Waals surface area contributed by atoms with Gasteiger partial charge in [0.15, 0.2) is 0 Å². The van der Waals surface area contributed by atoms with Crippen molar-refractivity contribution in [2.45, 2.75) is 26.3 Å². The lowest BCUT2D eigenvalue weighted by molar-refractivity contribution is -0.117. The molecule has 2 aromatic carbocycles. The minimum atomic E-state index is -3.64. The Morgan fingerprint density at radius 1 is 1.20 bits per heavy atom. The first-order valence-electron chi connectivity index (χ1n) is 7.85. The highest BCUT2D eigenvalue weighted by Gasteiger charge is 2.31. The van der Waals surface area contributed by atoms with Gasteiger partial charge in [0.1, 0.15) is 6.04 Å². The van der Waals surface area contributed by atoms with Crippen LogP contribution < -0.4 is 9.62 Å². The van der Waals surface area contributed by atoms with Crippen LogP contribution in [0.15, 0.2) is 48.5 Å². The zero-order valence-electron chi connectivity index (χ0n) is 14.4. The van der Waals surface area contributed by atoms with E-state index in [1.165, 1.54) is 4.31 Å². The normalized spacial score (nSPS) is 12.5. The number of benzene rings is 2. The standard InChI is InChI=1S/C18H21ClN2O3S/c1-4-17(18(22)20-15-10-8-14(19)9-11-15)21(25(3,23)24)16-7-5-6-13(2)12-16/h5-12,17H,4H2,1-3H3,(H,20,22)/t17-/m1/s1. The van der Waals surface area contributed by atoms with Crippen LogP contribution in [0.5, 0.6) is 0 Å². The Morgan fingerprint density at radius 2 is 1.84 bits per heavy atom. The molecule has 0 aliphatic rings. The molecule has 0 fully saturated rings. The van der Waals surface area contributed by atoms with E-state index in [2.05, 4.69) is 5.32 Å². The molecule has 2 aromatic rings. The van der Waals surface area contributed by atoms with Crippen molar-refractivity contribution in [3.8, 4) is 0 Å². The lowest BCUT2D eigenvalue weighted by Gasteiger charge is -2.30. The lowest BCUT2D eigenvalue weighted by atomic mass is 10.1. The largest absolute Gasteiger partial charge is 0.324 e. The second kappa shape index (κ2) is 7.89. The molecule has 0 aliphatic carbocycles. The number of amides is 1. The molecule has 5 nitrogen and oxygen atoms in total. The van der Waals surface area contributed by atoms with Gasteiger partial charge >= 0.3 is 0 Å². The van der Waals surface area contributed by atoms with Crippen LogP contribution in [0, 0.1) is 6.92 Å². The van der Waals surface area contributed by atoms with Crippen LogP contribution in [-0.2, 0) is 14.8 Å². The highest BCUT2D eigenvalue weighted by atomic mass is 35.5. The van der Waals surface area contributed by atoms with Crippen molar-refractivity contribution in [2.75, 3.05) is 15.9 Å². The quantitative estimate of drug-likeness (QED) is 0.828. The van der Waals surface area contributed by atoms with Crippen LogP contribution in [0.25, 0.3) is 0 Å². The van der Waals surface area contributed by atoms with E-state index < -0.39 is 22.0 Å². The SMILES string of the molecule is CC[C@H](C(=O)Nc1ccc(Cl)cc1)N(c1cccc(C)c1)S(C)(=O)=O. The van der Waals surface area contributed by atoms with Crippen LogP contribution in [0.3, 0.4) is 0 Å². The number of hydrogen-bond donors (Lipinski definition) is 1. The zero-order valence-corrected chi connectivity index (χ0v) is 15.9. The van der Waals surface area contributed by atoms with Gasteiger partial charge in [-0.2, -0.15) is 0 Å². The molecule has 0 bridgehead atoms. The molecule has 0 saturated carbocycles. The molecule has 0 aliphatic heterocycles. The average Bonchev–Trinajstić information content (AvgIpc) is 2.53. The Labute approximate surface area is 153 Å². The maximum atomic E-state index is 12.7. The Kier molecular flexibility index (Phi) is 6.08. The van der Waals surface area contributed by atoms with E-state index in [4.69, 9.17) is 11.6 Å². The van der Waals surface area contributed by atoms with Gasteiger partial charge in [0.2, 0.25) is 15.9 Å². The van der Waals surface area contributed by atoms with Crippen molar-refractivity contribution in [1.82, 2.24) is 0 Å². The maximum Gasteiger partial charge on any atom is 0.248 e. The monoisotopic (exact) mass is 380 g/mol. The average molecular weight is 381 g/mol. The van der Waals surface area contributed by atoms with Gasteiger partial charge in [0.25, 0.3) is 0 Å². The van der Waals surface area contributed by atoms with Gasteiger partial charge in [0.05, 0.1) is 11.9 Å². The molecule has 134 valence electrons. The summed E-state index contributed by atoms with van der Waals surface area (Å²) < 4.78 is 25.9. The summed E-state index contributed by atoms with van der Waals surface area (Å²) >= 11 is 5.84. The van der Waals surface area contributed by atoms with Crippen molar-refractivity contribution in [1.29, 1.82) is 0 Å². The lowest BCUT2D eigenvalue weighted by Crippen LogP contribution is -2.47. The summed E-state index contributed by atoms with van der Waals surface area (Å²) in [4.78, 5) is 12.7. The van der Waals surface area contributed by atoms with Crippen LogP contribution in [0.4, 0.5) is 11.4 Å². The molecule has 0 radical (unpaired) electrons. The fourth-order valence-corrected chi connectivity index (χ4v) is 3.91. The molecule has 1 atom stereocenters. The van der Waals surface area contributed by atoms with Gasteiger partial charge in [-0.15, -0.1) is 0 Å². The van der Waals surface area contributed by atoms with E-state index >= 15 is 0 Å². The molecule has 0 unspecified atom stereocenters. The van der Waals surface area contributed by atoms with Crippen molar-refractivity contribution < 1.29 is 13.2 Å². The predicted octanol–water partition coefficient (Wildman–Crippen LogP) is 3.83. The maximum absolute atomic E-state index is 12.7. The van der Waals surface area contributed by atoms with Gasteiger partial charge in [-0.05, 0) is 55.3 Å². The zero-order chi connectivity index (χ0) is 18.6. The van der Waals surface area contributed by atoms with E-state index in [1.807, 2.05) is 13.0 Å². The first-order valence-corrected chi connectivity index (χ1v) is 10.1. The topological polar surface area (TPSA) is 66.5 Å². The summed E-state index contributed by atoms with van der Waals surface area (Å²) in [6.45, 7) is 3.65. The summed E-state index contributed by atoms with van der Waals surface area (Å²) in [5.74, 6) is -0.392. The molecular formula is C18H21ClN2O3S. The molecule has 0 spiro atoms. The summed E-state index contributed by atoms with van der Waals surface area (Å²) in [6, 6.07) is 12.9. The van der Waals surface area contributed by atoms with Gasteiger partial charge in [0, 0.05) is 10.7 Å². The van der Waals surface area contributed by atoms with Gasteiger partial charge in [-0.1, -0.05) is 30.7 Å². The predicted molar refractivity (Wildman–Crippen MR) is 103 cm³/mol. The fourth-order valence-electron chi connectivity index (χ4n) is 2.58. The van der Waals surface area contributed by atoms with E-state index in [0.717, 1.165) is 11.8 Å². The number of anilines is 2. The van der Waals surface area contributed by atoms with Crippen molar-refractivity contribution >= 4 is 38.9 Å². The van der Waals surface area contributed by atoms with E-state index in [9.17, 15) is 13.2 Å². The second-order valence-corrected chi connectivity index (χ2v) is 8.11. The molecule has 1 N–H and O–H groups in total. The van der Waals surface area contributed by atoms with E-state index in [-0.39, 0.29) is 0 Å². The third kappa shape index (κ3) is 4.96. The number of rotatable bonds is 6. The number of aryl methyl sites for hydroxylation is 1. The van der Waals surface area contributed by atoms with Gasteiger partial charge in [-0.25, -0.2) is 8.42 Å². The van der Waals surface area contributed by atoms with Crippen LogP contribution in [0.2, 0.25) is 5.02 Å². The number of carbonyl (C=O) groups excluding carboxylic acids is 1. The first-order chi connectivity index (χ1) is 11.7. The Morgan fingerprint density at radius 3 is 2.36 bits per heavy atom. The molecule has 7 heteroatoms. The highest BCUT2D eigenvalue weighted by molar-refractivity contribution is 7.92. The third-order valence-corrected chi connectivity index (χ3v) is 5.13. The second-order valence-electron chi connectivity index (χ2n) is 5.82. The van der Waals surface area contributed by atoms with E-state index in [1.54, 1.807) is 49.4 Å².